The SMILES string of the molecule is O=C(c1ccccc1Cl)N1CCCN(c2ccc([N+](=O)[O-])cn2)CC1. The van der Waals surface area contributed by atoms with Gasteiger partial charge in [0, 0.05) is 32.2 Å². The summed E-state index contributed by atoms with van der Waals surface area (Å²) in [6.45, 7) is 2.52. The maximum absolute atomic E-state index is 12.7. The van der Waals surface area contributed by atoms with E-state index in [2.05, 4.69) is 4.98 Å². The van der Waals surface area contributed by atoms with Crippen LogP contribution in [0.3, 0.4) is 0 Å². The van der Waals surface area contributed by atoms with Gasteiger partial charge < -0.3 is 9.80 Å². The van der Waals surface area contributed by atoms with E-state index in [1.807, 2.05) is 4.90 Å². The van der Waals surface area contributed by atoms with E-state index in [1.54, 1.807) is 35.2 Å². The molecule has 1 fully saturated rings. The van der Waals surface area contributed by atoms with Crippen LogP contribution >= 0.6 is 11.6 Å². The molecule has 1 amide bonds. The molecule has 0 N–H and O–H groups in total. The molecule has 8 heteroatoms. The Hall–Kier alpha value is -2.67. The van der Waals surface area contributed by atoms with Crippen LogP contribution in [0.2, 0.25) is 5.02 Å². The average molecular weight is 361 g/mol. The summed E-state index contributed by atoms with van der Waals surface area (Å²) in [5, 5.41) is 11.2. The lowest BCUT2D eigenvalue weighted by molar-refractivity contribution is -0.385. The molecule has 1 aliphatic heterocycles. The topological polar surface area (TPSA) is 79.6 Å². The first-order valence-corrected chi connectivity index (χ1v) is 8.33. The number of rotatable bonds is 3. The normalized spacial score (nSPS) is 14.9. The third-order valence-electron chi connectivity index (χ3n) is 4.15. The van der Waals surface area contributed by atoms with Crippen molar-refractivity contribution in [1.82, 2.24) is 9.88 Å². The zero-order valence-corrected chi connectivity index (χ0v) is 14.2. The minimum absolute atomic E-state index is 0.0332. The number of carbonyl (C=O) groups is 1. The third kappa shape index (κ3) is 3.88. The van der Waals surface area contributed by atoms with Crippen LogP contribution in [-0.4, -0.2) is 46.9 Å². The van der Waals surface area contributed by atoms with Crippen LogP contribution < -0.4 is 4.90 Å². The highest BCUT2D eigenvalue weighted by Gasteiger charge is 2.22. The highest BCUT2D eigenvalue weighted by molar-refractivity contribution is 6.33. The van der Waals surface area contributed by atoms with E-state index < -0.39 is 4.92 Å². The molecule has 0 radical (unpaired) electrons. The first kappa shape index (κ1) is 17.2. The summed E-state index contributed by atoms with van der Waals surface area (Å²) in [7, 11) is 0. The molecule has 25 heavy (non-hydrogen) atoms. The molecule has 1 saturated heterocycles. The molecule has 1 aromatic carbocycles. The van der Waals surface area contributed by atoms with Crippen molar-refractivity contribution in [3.8, 4) is 0 Å². The van der Waals surface area contributed by atoms with Crippen molar-refractivity contribution in [2.24, 2.45) is 0 Å². The number of hydrogen-bond donors (Lipinski definition) is 0. The zero-order valence-electron chi connectivity index (χ0n) is 13.5. The number of nitro groups is 1. The molecule has 0 saturated carbocycles. The first-order valence-electron chi connectivity index (χ1n) is 7.95. The van der Waals surface area contributed by atoms with Crippen LogP contribution in [0, 0.1) is 10.1 Å². The number of nitrogens with zero attached hydrogens (tertiary/aromatic N) is 4. The molecule has 0 aliphatic carbocycles. The van der Waals surface area contributed by atoms with E-state index >= 15 is 0 Å². The lowest BCUT2D eigenvalue weighted by Crippen LogP contribution is -2.35. The molecular formula is C17H17ClN4O3. The number of hydrogen-bond acceptors (Lipinski definition) is 5. The van der Waals surface area contributed by atoms with Gasteiger partial charge in [0.15, 0.2) is 0 Å². The predicted molar refractivity (Wildman–Crippen MR) is 95.1 cm³/mol. The van der Waals surface area contributed by atoms with Gasteiger partial charge in [-0.3, -0.25) is 14.9 Å². The smallest absolute Gasteiger partial charge is 0.287 e. The van der Waals surface area contributed by atoms with Gasteiger partial charge in [-0.15, -0.1) is 0 Å². The molecule has 2 heterocycles. The third-order valence-corrected chi connectivity index (χ3v) is 4.48. The van der Waals surface area contributed by atoms with Crippen molar-refractivity contribution in [3.63, 3.8) is 0 Å². The number of anilines is 1. The molecule has 1 aromatic heterocycles. The number of aromatic nitrogens is 1. The predicted octanol–water partition coefficient (Wildman–Crippen LogP) is 3.00. The van der Waals surface area contributed by atoms with Gasteiger partial charge in [0.05, 0.1) is 15.5 Å². The van der Waals surface area contributed by atoms with Crippen LogP contribution in [0.4, 0.5) is 11.5 Å². The summed E-state index contributed by atoms with van der Waals surface area (Å²) in [4.78, 5) is 30.9. The second-order valence-corrected chi connectivity index (χ2v) is 6.15. The van der Waals surface area contributed by atoms with E-state index in [-0.39, 0.29) is 11.6 Å². The molecule has 1 aliphatic rings. The summed E-state index contributed by atoms with van der Waals surface area (Å²) in [6.07, 6.45) is 2.04. The Labute approximate surface area is 150 Å². The van der Waals surface area contributed by atoms with Crippen molar-refractivity contribution in [3.05, 3.63) is 63.3 Å². The largest absolute Gasteiger partial charge is 0.355 e. The standard InChI is InChI=1S/C17H17ClN4O3/c18-15-5-2-1-4-14(15)17(23)21-9-3-8-20(10-11-21)16-7-6-13(12-19-16)22(24)25/h1-2,4-7,12H,3,8-11H2. The fraction of sp³-hybridized carbons (Fsp3) is 0.294. The molecule has 0 unspecified atom stereocenters. The molecule has 0 bridgehead atoms. The number of benzene rings is 1. The number of halogens is 1. The van der Waals surface area contributed by atoms with Crippen molar-refractivity contribution < 1.29 is 9.72 Å². The highest BCUT2D eigenvalue weighted by Crippen LogP contribution is 2.20. The van der Waals surface area contributed by atoms with Gasteiger partial charge in [-0.05, 0) is 24.6 Å². The zero-order chi connectivity index (χ0) is 17.8. The van der Waals surface area contributed by atoms with Gasteiger partial charge in [-0.25, -0.2) is 4.98 Å². The number of carbonyl (C=O) groups excluding carboxylic acids is 1. The summed E-state index contributed by atoms with van der Waals surface area (Å²) in [6, 6.07) is 10.1. The molecule has 0 atom stereocenters. The van der Waals surface area contributed by atoms with Gasteiger partial charge in [0.2, 0.25) is 0 Å². The van der Waals surface area contributed by atoms with E-state index in [4.69, 9.17) is 11.6 Å². The monoisotopic (exact) mass is 360 g/mol. The summed E-state index contributed by atoms with van der Waals surface area (Å²) < 4.78 is 0. The summed E-state index contributed by atoms with van der Waals surface area (Å²) >= 11 is 6.12. The second-order valence-electron chi connectivity index (χ2n) is 5.74. The second kappa shape index (κ2) is 7.48. The van der Waals surface area contributed by atoms with E-state index in [9.17, 15) is 14.9 Å². The van der Waals surface area contributed by atoms with Crippen LogP contribution in [0.25, 0.3) is 0 Å². The van der Waals surface area contributed by atoms with Gasteiger partial charge in [0.1, 0.15) is 12.0 Å². The molecular weight excluding hydrogens is 344 g/mol. The molecule has 7 nitrogen and oxygen atoms in total. The lowest BCUT2D eigenvalue weighted by Gasteiger charge is -2.23. The van der Waals surface area contributed by atoms with Crippen molar-refractivity contribution in [2.75, 3.05) is 31.1 Å². The average Bonchev–Trinajstić information content (AvgIpc) is 2.88. The van der Waals surface area contributed by atoms with Gasteiger partial charge in [-0.1, -0.05) is 23.7 Å². The van der Waals surface area contributed by atoms with Crippen molar-refractivity contribution in [1.29, 1.82) is 0 Å². The maximum atomic E-state index is 12.7. The lowest BCUT2D eigenvalue weighted by atomic mass is 10.2. The quantitative estimate of drug-likeness (QED) is 0.621. The van der Waals surface area contributed by atoms with Gasteiger partial charge in [0.25, 0.3) is 11.6 Å². The Morgan fingerprint density at radius 3 is 2.60 bits per heavy atom. The van der Waals surface area contributed by atoms with Crippen molar-refractivity contribution in [2.45, 2.75) is 6.42 Å². The Kier molecular flexibility index (Phi) is 5.14. The molecule has 130 valence electrons. The van der Waals surface area contributed by atoms with Gasteiger partial charge >= 0.3 is 0 Å². The fourth-order valence-electron chi connectivity index (χ4n) is 2.83. The molecule has 0 spiro atoms. The minimum atomic E-state index is -0.469. The summed E-state index contributed by atoms with van der Waals surface area (Å²) in [5.41, 5.74) is 0.472. The first-order chi connectivity index (χ1) is 12.1. The number of amides is 1. The fourth-order valence-corrected chi connectivity index (χ4v) is 3.04. The Morgan fingerprint density at radius 1 is 1.12 bits per heavy atom. The molecule has 2 aromatic rings. The van der Waals surface area contributed by atoms with Crippen LogP contribution in [0.15, 0.2) is 42.6 Å². The Bertz CT molecular complexity index is 782. The highest BCUT2D eigenvalue weighted by atomic mass is 35.5. The van der Waals surface area contributed by atoms with Gasteiger partial charge in [-0.2, -0.15) is 0 Å². The van der Waals surface area contributed by atoms with E-state index in [0.29, 0.717) is 36.0 Å². The van der Waals surface area contributed by atoms with Crippen LogP contribution in [-0.2, 0) is 0 Å². The van der Waals surface area contributed by atoms with Crippen molar-refractivity contribution >= 4 is 29.0 Å². The summed E-state index contributed by atoms with van der Waals surface area (Å²) in [5.74, 6) is 0.599. The maximum Gasteiger partial charge on any atom is 0.287 e. The Balaban J connectivity index is 1.69. The Morgan fingerprint density at radius 2 is 1.92 bits per heavy atom. The van der Waals surface area contributed by atoms with Crippen LogP contribution in [0.5, 0.6) is 0 Å². The molecule has 3 rings (SSSR count). The number of pyridine rings is 1. The minimum Gasteiger partial charge on any atom is -0.355 e. The van der Waals surface area contributed by atoms with E-state index in [0.717, 1.165) is 13.0 Å². The van der Waals surface area contributed by atoms with E-state index in [1.165, 1.54) is 12.3 Å². The van der Waals surface area contributed by atoms with Crippen LogP contribution in [0.1, 0.15) is 16.8 Å².